The van der Waals surface area contributed by atoms with Gasteiger partial charge in [0.1, 0.15) is 6.54 Å². The number of halogens is 2. The van der Waals surface area contributed by atoms with Crippen LogP contribution in [0.3, 0.4) is 0 Å². The molecular formula is C19H20Cl2N4O4S. The normalized spacial score (nSPS) is 11.7. The summed E-state index contributed by atoms with van der Waals surface area (Å²) in [5.74, 6) is -0.885. The van der Waals surface area contributed by atoms with Crippen LogP contribution in [0.1, 0.15) is 19.4 Å². The van der Waals surface area contributed by atoms with E-state index in [9.17, 15) is 18.0 Å². The molecule has 0 heterocycles. The third kappa shape index (κ3) is 6.45. The largest absolute Gasteiger partial charge is 0.326 e. The SMILES string of the molecule is CC(=O)Nc1cccc(/C(C)=N\NC(=O)CN(c2cccc(Cl)c2Cl)S(C)(=O)=O)c1. The maximum atomic E-state index is 12.4. The van der Waals surface area contributed by atoms with E-state index in [0.717, 1.165) is 10.6 Å². The fraction of sp³-hybridized carbons (Fsp3) is 0.211. The molecule has 0 saturated heterocycles. The van der Waals surface area contributed by atoms with E-state index in [4.69, 9.17) is 23.2 Å². The molecule has 2 rings (SSSR count). The molecule has 30 heavy (non-hydrogen) atoms. The fourth-order valence-electron chi connectivity index (χ4n) is 2.47. The van der Waals surface area contributed by atoms with Gasteiger partial charge in [0.2, 0.25) is 15.9 Å². The second-order valence-electron chi connectivity index (χ2n) is 6.34. The summed E-state index contributed by atoms with van der Waals surface area (Å²) in [7, 11) is -3.82. The van der Waals surface area contributed by atoms with Crippen molar-refractivity contribution in [3.8, 4) is 0 Å². The first-order valence-electron chi connectivity index (χ1n) is 8.62. The Balaban J connectivity index is 2.18. The third-order valence-electron chi connectivity index (χ3n) is 3.84. The van der Waals surface area contributed by atoms with Crippen LogP contribution in [0.5, 0.6) is 0 Å². The van der Waals surface area contributed by atoms with Gasteiger partial charge >= 0.3 is 0 Å². The second kappa shape index (κ2) is 9.92. The summed E-state index contributed by atoms with van der Waals surface area (Å²) in [6.45, 7) is 2.52. The lowest BCUT2D eigenvalue weighted by atomic mass is 10.1. The lowest BCUT2D eigenvalue weighted by molar-refractivity contribution is -0.119. The van der Waals surface area contributed by atoms with Crippen LogP contribution in [0.25, 0.3) is 0 Å². The fourth-order valence-corrected chi connectivity index (χ4v) is 3.78. The van der Waals surface area contributed by atoms with Crippen LogP contribution in [-0.2, 0) is 19.6 Å². The molecule has 0 aliphatic rings. The Morgan fingerprint density at radius 1 is 1.10 bits per heavy atom. The first-order valence-corrected chi connectivity index (χ1v) is 11.2. The van der Waals surface area contributed by atoms with Gasteiger partial charge in [0, 0.05) is 12.6 Å². The molecule has 0 aliphatic carbocycles. The molecule has 2 amide bonds. The van der Waals surface area contributed by atoms with Crippen molar-refractivity contribution in [3.05, 3.63) is 58.1 Å². The van der Waals surface area contributed by atoms with E-state index in [1.165, 1.54) is 25.1 Å². The van der Waals surface area contributed by atoms with E-state index in [1.54, 1.807) is 31.2 Å². The Morgan fingerprint density at radius 3 is 2.40 bits per heavy atom. The summed E-state index contributed by atoms with van der Waals surface area (Å²) in [5, 5.41) is 6.85. The van der Waals surface area contributed by atoms with Crippen LogP contribution in [0.4, 0.5) is 11.4 Å². The van der Waals surface area contributed by atoms with Crippen LogP contribution < -0.4 is 15.0 Å². The Hall–Kier alpha value is -2.62. The summed E-state index contributed by atoms with van der Waals surface area (Å²) in [4.78, 5) is 23.5. The Kier molecular flexibility index (Phi) is 7.83. The lowest BCUT2D eigenvalue weighted by Gasteiger charge is -2.22. The van der Waals surface area contributed by atoms with Gasteiger partial charge in [-0.05, 0) is 36.8 Å². The second-order valence-corrected chi connectivity index (χ2v) is 9.03. The van der Waals surface area contributed by atoms with Gasteiger partial charge in [-0.3, -0.25) is 13.9 Å². The first-order chi connectivity index (χ1) is 14.0. The Morgan fingerprint density at radius 2 is 1.77 bits per heavy atom. The van der Waals surface area contributed by atoms with Gasteiger partial charge in [-0.2, -0.15) is 5.10 Å². The molecule has 0 fully saturated rings. The van der Waals surface area contributed by atoms with Gasteiger partial charge in [0.15, 0.2) is 0 Å². The molecular weight excluding hydrogens is 451 g/mol. The molecule has 0 unspecified atom stereocenters. The summed E-state index contributed by atoms with van der Waals surface area (Å²) in [6, 6.07) is 11.4. The standard InChI is InChI=1S/C19H20Cl2N4O4S/c1-12(14-6-4-7-15(10-14)22-13(2)26)23-24-18(27)11-25(30(3,28)29)17-9-5-8-16(20)19(17)21/h4-10H,11H2,1-3H3,(H,22,26)(H,24,27)/b23-12-. The highest BCUT2D eigenvalue weighted by Gasteiger charge is 2.23. The summed E-state index contributed by atoms with van der Waals surface area (Å²) >= 11 is 12.1. The number of hydrogen-bond acceptors (Lipinski definition) is 5. The van der Waals surface area contributed by atoms with Crippen LogP contribution in [-0.4, -0.2) is 38.7 Å². The molecule has 0 aromatic heterocycles. The molecule has 0 atom stereocenters. The van der Waals surface area contributed by atoms with Crippen molar-refractivity contribution in [2.24, 2.45) is 5.10 Å². The number of amides is 2. The van der Waals surface area contributed by atoms with Crippen molar-refractivity contribution in [3.63, 3.8) is 0 Å². The summed E-state index contributed by atoms with van der Waals surface area (Å²) in [5.41, 5.74) is 4.13. The van der Waals surface area contributed by atoms with E-state index in [1.807, 2.05) is 0 Å². The number of carbonyl (C=O) groups is 2. The minimum Gasteiger partial charge on any atom is -0.326 e. The van der Waals surface area contributed by atoms with Gasteiger partial charge < -0.3 is 5.32 Å². The molecule has 0 bridgehead atoms. The van der Waals surface area contributed by atoms with Gasteiger partial charge in [-0.1, -0.05) is 41.4 Å². The maximum absolute atomic E-state index is 12.4. The van der Waals surface area contributed by atoms with E-state index in [-0.39, 0.29) is 21.6 Å². The summed E-state index contributed by atoms with van der Waals surface area (Å²) in [6.07, 6.45) is 0.958. The highest BCUT2D eigenvalue weighted by atomic mass is 35.5. The highest BCUT2D eigenvalue weighted by Crippen LogP contribution is 2.33. The third-order valence-corrected chi connectivity index (χ3v) is 5.77. The number of benzene rings is 2. The van der Waals surface area contributed by atoms with Gasteiger partial charge in [0.25, 0.3) is 5.91 Å². The molecule has 2 aromatic rings. The molecule has 2 N–H and O–H groups in total. The molecule has 0 spiro atoms. The number of anilines is 2. The maximum Gasteiger partial charge on any atom is 0.260 e. The average Bonchev–Trinajstić information content (AvgIpc) is 2.65. The van der Waals surface area contributed by atoms with Crippen LogP contribution in [0.2, 0.25) is 10.0 Å². The Bertz CT molecular complexity index is 1100. The number of rotatable bonds is 7. The zero-order chi connectivity index (χ0) is 22.5. The molecule has 160 valence electrons. The zero-order valence-corrected chi connectivity index (χ0v) is 18.8. The Labute approximate surface area is 184 Å². The topological polar surface area (TPSA) is 108 Å². The lowest BCUT2D eigenvalue weighted by Crippen LogP contribution is -2.39. The number of sulfonamides is 1. The van der Waals surface area contributed by atoms with Crippen molar-refractivity contribution < 1.29 is 18.0 Å². The van der Waals surface area contributed by atoms with Crippen LogP contribution >= 0.6 is 23.2 Å². The van der Waals surface area contributed by atoms with Crippen molar-refractivity contribution in [2.45, 2.75) is 13.8 Å². The quantitative estimate of drug-likeness (QED) is 0.477. The number of carbonyl (C=O) groups excluding carboxylic acids is 2. The van der Waals surface area contributed by atoms with Gasteiger partial charge in [0.05, 0.1) is 27.7 Å². The van der Waals surface area contributed by atoms with E-state index >= 15 is 0 Å². The number of nitrogens with one attached hydrogen (secondary N) is 2. The molecule has 8 nitrogen and oxygen atoms in total. The van der Waals surface area contributed by atoms with Crippen LogP contribution in [0, 0.1) is 0 Å². The van der Waals surface area contributed by atoms with Gasteiger partial charge in [-0.25, -0.2) is 13.8 Å². The van der Waals surface area contributed by atoms with Crippen molar-refractivity contribution in [1.29, 1.82) is 0 Å². The van der Waals surface area contributed by atoms with Crippen molar-refractivity contribution in [2.75, 3.05) is 22.4 Å². The number of hydrogen-bond donors (Lipinski definition) is 2. The zero-order valence-electron chi connectivity index (χ0n) is 16.4. The first kappa shape index (κ1) is 23.7. The van der Waals surface area contributed by atoms with Crippen molar-refractivity contribution >= 4 is 62.1 Å². The van der Waals surface area contributed by atoms with Crippen molar-refractivity contribution in [1.82, 2.24) is 5.43 Å². The van der Waals surface area contributed by atoms with E-state index in [2.05, 4.69) is 15.8 Å². The average molecular weight is 471 g/mol. The summed E-state index contributed by atoms with van der Waals surface area (Å²) < 4.78 is 25.2. The predicted molar refractivity (Wildman–Crippen MR) is 120 cm³/mol. The van der Waals surface area contributed by atoms with Crippen LogP contribution in [0.15, 0.2) is 47.6 Å². The predicted octanol–water partition coefficient (Wildman–Crippen LogP) is 3.26. The minimum absolute atomic E-state index is 0.0202. The minimum atomic E-state index is -3.82. The van der Waals surface area contributed by atoms with E-state index < -0.39 is 22.5 Å². The molecule has 0 radical (unpaired) electrons. The molecule has 0 saturated carbocycles. The van der Waals surface area contributed by atoms with Gasteiger partial charge in [-0.15, -0.1) is 0 Å². The van der Waals surface area contributed by atoms with E-state index in [0.29, 0.717) is 17.0 Å². The number of nitrogens with zero attached hydrogens (tertiary/aromatic N) is 2. The molecule has 11 heteroatoms. The monoisotopic (exact) mass is 470 g/mol. The number of hydrazone groups is 1. The highest BCUT2D eigenvalue weighted by molar-refractivity contribution is 7.92. The molecule has 2 aromatic carbocycles. The molecule has 0 aliphatic heterocycles. The smallest absolute Gasteiger partial charge is 0.260 e.